The number of ether oxygens (including phenoxy) is 2. The number of aliphatic imine (C=N–C) groups is 1. The smallest absolute Gasteiger partial charge is 0.247 e. The summed E-state index contributed by atoms with van der Waals surface area (Å²) >= 11 is 5.50. The molecule has 0 aromatic rings. The van der Waals surface area contributed by atoms with Crippen molar-refractivity contribution in [3.8, 4) is 6.07 Å². The second-order valence-corrected chi connectivity index (χ2v) is 2.80. The summed E-state index contributed by atoms with van der Waals surface area (Å²) in [5.74, 6) is 0. The summed E-state index contributed by atoms with van der Waals surface area (Å²) in [6, 6.07) is 1.87. The first-order chi connectivity index (χ1) is 5.54. The lowest BCUT2D eigenvalue weighted by atomic mass is 10.3. The van der Waals surface area contributed by atoms with E-state index in [1.807, 2.05) is 6.07 Å². The van der Waals surface area contributed by atoms with Gasteiger partial charge in [0.25, 0.3) is 0 Å². The third-order valence-electron chi connectivity index (χ3n) is 1.03. The summed E-state index contributed by atoms with van der Waals surface area (Å²) in [4.78, 5) is 3.78. The minimum atomic E-state index is -1.25. The van der Waals surface area contributed by atoms with Crippen molar-refractivity contribution in [2.45, 2.75) is 19.6 Å². The van der Waals surface area contributed by atoms with Crippen LogP contribution in [0.15, 0.2) is 4.99 Å². The molecule has 0 spiro atoms. The molecule has 68 valence electrons. The van der Waals surface area contributed by atoms with Gasteiger partial charge in [0.05, 0.1) is 0 Å². The Bertz CT molecular complexity index is 208. The first-order valence-electron chi connectivity index (χ1n) is 3.30. The van der Waals surface area contributed by atoms with E-state index in [0.29, 0.717) is 0 Å². The topological polar surface area (TPSA) is 54.6 Å². The molecule has 0 heterocycles. The first-order valence-corrected chi connectivity index (χ1v) is 3.68. The third kappa shape index (κ3) is 4.29. The van der Waals surface area contributed by atoms with Crippen molar-refractivity contribution in [1.82, 2.24) is 0 Å². The SMILES string of the molecule is COCOC(C)(C#N)N=C(C)Cl. The first kappa shape index (κ1) is 11.4. The molecule has 4 nitrogen and oxygen atoms in total. The standard InChI is InChI=1S/C7H11ClN2O2/c1-6(8)10-7(2,4-9)12-5-11-3/h5H2,1-3H3. The summed E-state index contributed by atoms with van der Waals surface area (Å²) in [7, 11) is 1.47. The number of methoxy groups -OCH3 is 1. The van der Waals surface area contributed by atoms with E-state index in [9.17, 15) is 0 Å². The largest absolute Gasteiger partial charge is 0.359 e. The maximum absolute atomic E-state index is 8.66. The fraction of sp³-hybridized carbons (Fsp3) is 0.714. The van der Waals surface area contributed by atoms with E-state index in [-0.39, 0.29) is 12.0 Å². The van der Waals surface area contributed by atoms with Crippen molar-refractivity contribution >= 4 is 16.8 Å². The number of hydrogen-bond acceptors (Lipinski definition) is 4. The summed E-state index contributed by atoms with van der Waals surface area (Å²) in [5.41, 5.74) is -1.25. The molecular weight excluding hydrogens is 180 g/mol. The summed E-state index contributed by atoms with van der Waals surface area (Å²) in [5, 5.41) is 8.94. The molecule has 0 radical (unpaired) electrons. The second-order valence-electron chi connectivity index (χ2n) is 2.25. The van der Waals surface area contributed by atoms with Crippen LogP contribution in [0.4, 0.5) is 0 Å². The Labute approximate surface area is 76.7 Å². The van der Waals surface area contributed by atoms with Gasteiger partial charge < -0.3 is 9.47 Å². The van der Waals surface area contributed by atoms with Gasteiger partial charge in [-0.1, -0.05) is 11.6 Å². The fourth-order valence-corrected chi connectivity index (χ4v) is 0.718. The van der Waals surface area contributed by atoms with Crippen LogP contribution >= 0.6 is 11.6 Å². The molecule has 0 amide bonds. The van der Waals surface area contributed by atoms with Crippen molar-refractivity contribution in [1.29, 1.82) is 5.26 Å². The lowest BCUT2D eigenvalue weighted by molar-refractivity contribution is -0.0924. The van der Waals surface area contributed by atoms with Crippen LogP contribution in [-0.4, -0.2) is 24.8 Å². The van der Waals surface area contributed by atoms with Crippen molar-refractivity contribution in [3.05, 3.63) is 0 Å². The lowest BCUT2D eigenvalue weighted by Crippen LogP contribution is -2.25. The van der Waals surface area contributed by atoms with E-state index in [4.69, 9.17) is 21.6 Å². The number of nitriles is 1. The molecule has 5 heteroatoms. The number of nitrogens with zero attached hydrogens (tertiary/aromatic N) is 2. The molecular formula is C7H11ClN2O2. The highest BCUT2D eigenvalue weighted by atomic mass is 35.5. The van der Waals surface area contributed by atoms with Gasteiger partial charge in [-0.15, -0.1) is 0 Å². The van der Waals surface area contributed by atoms with Gasteiger partial charge in [0.1, 0.15) is 18.0 Å². The normalized spacial score (nSPS) is 16.8. The lowest BCUT2D eigenvalue weighted by Gasteiger charge is -2.16. The van der Waals surface area contributed by atoms with Gasteiger partial charge in [-0.3, -0.25) is 0 Å². The average Bonchev–Trinajstić information content (AvgIpc) is 2.00. The van der Waals surface area contributed by atoms with E-state index in [0.717, 1.165) is 0 Å². The molecule has 0 aromatic heterocycles. The van der Waals surface area contributed by atoms with Crippen LogP contribution in [-0.2, 0) is 9.47 Å². The highest BCUT2D eigenvalue weighted by Gasteiger charge is 2.23. The monoisotopic (exact) mass is 190 g/mol. The summed E-state index contributed by atoms with van der Waals surface area (Å²) < 4.78 is 9.62. The Kier molecular flexibility index (Phi) is 4.83. The molecule has 12 heavy (non-hydrogen) atoms. The van der Waals surface area contributed by atoms with E-state index in [2.05, 4.69) is 9.73 Å². The summed E-state index contributed by atoms with van der Waals surface area (Å²) in [6.45, 7) is 3.10. The van der Waals surface area contributed by atoms with Gasteiger partial charge in [0, 0.05) is 7.11 Å². The Morgan fingerprint density at radius 3 is 2.67 bits per heavy atom. The van der Waals surface area contributed by atoms with E-state index in [1.54, 1.807) is 6.92 Å². The third-order valence-corrected chi connectivity index (χ3v) is 1.12. The number of halogens is 1. The molecule has 1 unspecified atom stereocenters. The van der Waals surface area contributed by atoms with Crippen molar-refractivity contribution in [2.75, 3.05) is 13.9 Å². The average molecular weight is 191 g/mol. The van der Waals surface area contributed by atoms with E-state index < -0.39 is 5.72 Å². The quantitative estimate of drug-likeness (QED) is 0.499. The van der Waals surface area contributed by atoms with Crippen LogP contribution in [0.2, 0.25) is 0 Å². The van der Waals surface area contributed by atoms with Crippen LogP contribution in [0.1, 0.15) is 13.8 Å². The predicted molar refractivity (Wildman–Crippen MR) is 45.9 cm³/mol. The highest BCUT2D eigenvalue weighted by molar-refractivity contribution is 6.64. The van der Waals surface area contributed by atoms with Gasteiger partial charge in [-0.25, -0.2) is 4.99 Å². The maximum Gasteiger partial charge on any atom is 0.247 e. The molecule has 0 N–H and O–H groups in total. The molecule has 0 aromatic carbocycles. The van der Waals surface area contributed by atoms with Crippen LogP contribution in [0, 0.1) is 11.3 Å². The second kappa shape index (κ2) is 5.09. The Morgan fingerprint density at radius 2 is 2.33 bits per heavy atom. The molecule has 0 saturated carbocycles. The minimum absolute atomic E-state index is 0.0116. The molecule has 0 saturated heterocycles. The number of hydrogen-bond donors (Lipinski definition) is 0. The Hall–Kier alpha value is -0.630. The zero-order valence-electron chi connectivity index (χ0n) is 7.30. The van der Waals surface area contributed by atoms with Crippen LogP contribution in [0.5, 0.6) is 0 Å². The fourth-order valence-electron chi connectivity index (χ4n) is 0.557. The van der Waals surface area contributed by atoms with E-state index in [1.165, 1.54) is 14.0 Å². The summed E-state index contributed by atoms with van der Waals surface area (Å²) in [6.07, 6.45) is 0. The minimum Gasteiger partial charge on any atom is -0.359 e. The van der Waals surface area contributed by atoms with Crippen LogP contribution in [0.25, 0.3) is 0 Å². The number of rotatable bonds is 4. The van der Waals surface area contributed by atoms with Gasteiger partial charge in [0.15, 0.2) is 0 Å². The highest BCUT2D eigenvalue weighted by Crippen LogP contribution is 2.11. The molecule has 1 atom stereocenters. The van der Waals surface area contributed by atoms with Gasteiger partial charge >= 0.3 is 0 Å². The van der Waals surface area contributed by atoms with Crippen LogP contribution in [0.3, 0.4) is 0 Å². The van der Waals surface area contributed by atoms with Crippen molar-refractivity contribution in [3.63, 3.8) is 0 Å². The molecule has 0 rings (SSSR count). The van der Waals surface area contributed by atoms with E-state index >= 15 is 0 Å². The molecule has 0 bridgehead atoms. The Balaban J connectivity index is 4.28. The van der Waals surface area contributed by atoms with Gasteiger partial charge in [-0.2, -0.15) is 5.26 Å². The van der Waals surface area contributed by atoms with Crippen molar-refractivity contribution < 1.29 is 9.47 Å². The van der Waals surface area contributed by atoms with Gasteiger partial charge in [0.2, 0.25) is 5.72 Å². The predicted octanol–water partition coefficient (Wildman–Crippen LogP) is 1.50. The maximum atomic E-state index is 8.66. The zero-order chi connectivity index (χ0) is 9.61. The molecule has 0 fully saturated rings. The van der Waals surface area contributed by atoms with Crippen molar-refractivity contribution in [2.24, 2.45) is 4.99 Å². The zero-order valence-corrected chi connectivity index (χ0v) is 8.05. The van der Waals surface area contributed by atoms with Gasteiger partial charge in [-0.05, 0) is 13.8 Å². The van der Waals surface area contributed by atoms with Crippen LogP contribution < -0.4 is 0 Å². The molecule has 0 aliphatic carbocycles. The molecule has 0 aliphatic heterocycles. The Morgan fingerprint density at radius 1 is 1.75 bits per heavy atom. The molecule has 0 aliphatic rings.